The summed E-state index contributed by atoms with van der Waals surface area (Å²) < 4.78 is 42.5. The summed E-state index contributed by atoms with van der Waals surface area (Å²) in [5.74, 6) is 5.15. The number of nitrogens with zero attached hydrogens (tertiary/aromatic N) is 3. The molecule has 11 heteroatoms. The van der Waals surface area contributed by atoms with Gasteiger partial charge < -0.3 is 20.7 Å². The van der Waals surface area contributed by atoms with Crippen LogP contribution < -0.4 is 20.7 Å². The fourth-order valence-corrected chi connectivity index (χ4v) is 8.93. The lowest BCUT2D eigenvalue weighted by Crippen LogP contribution is -2.61. The third kappa shape index (κ3) is 6.13. The summed E-state index contributed by atoms with van der Waals surface area (Å²) in [6, 6.07) is 9.43. The summed E-state index contributed by atoms with van der Waals surface area (Å²) in [6.07, 6.45) is 5.48. The number of aromatic nitrogens is 2. The van der Waals surface area contributed by atoms with Crippen molar-refractivity contribution in [3.05, 3.63) is 41.6 Å². The first-order chi connectivity index (χ1) is 19.3. The van der Waals surface area contributed by atoms with Gasteiger partial charge in [0.15, 0.2) is 0 Å². The highest BCUT2D eigenvalue weighted by atomic mass is 32.2. The minimum Gasteiger partial charge on any atom is -0.405 e. The van der Waals surface area contributed by atoms with Gasteiger partial charge in [-0.2, -0.15) is 22.0 Å². The van der Waals surface area contributed by atoms with Crippen LogP contribution in [0, 0.1) is 34.5 Å². The molecule has 3 N–H and O–H groups in total. The van der Waals surface area contributed by atoms with E-state index in [1.807, 2.05) is 0 Å². The van der Waals surface area contributed by atoms with Gasteiger partial charge in [0.05, 0.1) is 6.20 Å². The molecule has 214 valence electrons. The Bertz CT molecular complexity index is 1230. The Kier molecular flexibility index (Phi) is 7.75. The zero-order valence-electron chi connectivity index (χ0n) is 22.3. The highest BCUT2D eigenvalue weighted by Crippen LogP contribution is 2.60. The molecule has 4 bridgehead atoms. The Morgan fingerprint density at radius 1 is 1.07 bits per heavy atom. The summed E-state index contributed by atoms with van der Waals surface area (Å²) in [5, 5.41) is 20.3. The van der Waals surface area contributed by atoms with Crippen LogP contribution in [0.2, 0.25) is 0 Å². The van der Waals surface area contributed by atoms with E-state index in [0.29, 0.717) is 40.9 Å². The van der Waals surface area contributed by atoms with Crippen LogP contribution in [0.25, 0.3) is 0 Å². The van der Waals surface area contributed by atoms with E-state index in [-0.39, 0.29) is 23.7 Å². The molecule has 1 unspecified atom stereocenters. The molecule has 0 spiro atoms. The fourth-order valence-electron chi connectivity index (χ4n) is 7.82. The van der Waals surface area contributed by atoms with Crippen LogP contribution in [-0.2, 0) is 6.54 Å². The number of para-hydroxylation sites is 1. The highest BCUT2D eigenvalue weighted by Gasteiger charge is 2.55. The molecule has 1 aromatic heterocycles. The van der Waals surface area contributed by atoms with Crippen LogP contribution in [-0.4, -0.2) is 46.5 Å². The Morgan fingerprint density at radius 2 is 1.82 bits per heavy atom. The molecule has 1 aromatic carbocycles. The number of ether oxygens (including phenoxy) is 1. The van der Waals surface area contributed by atoms with Crippen molar-refractivity contribution in [2.75, 3.05) is 28.7 Å². The first-order valence-electron chi connectivity index (χ1n) is 14.2. The molecule has 0 radical (unpaired) electrons. The Balaban J connectivity index is 1.11. The van der Waals surface area contributed by atoms with E-state index >= 15 is 0 Å². The Hall–Kier alpha value is -2.71. The van der Waals surface area contributed by atoms with E-state index in [4.69, 9.17) is 0 Å². The predicted octanol–water partition coefficient (Wildman–Crippen LogP) is 5.95. The number of hydrogen-bond acceptors (Lipinski definition) is 8. The van der Waals surface area contributed by atoms with Gasteiger partial charge in [0.1, 0.15) is 23.2 Å². The van der Waals surface area contributed by atoms with Crippen molar-refractivity contribution < 1.29 is 17.9 Å². The largest absolute Gasteiger partial charge is 0.573 e. The van der Waals surface area contributed by atoms with E-state index in [9.17, 15) is 18.4 Å². The van der Waals surface area contributed by atoms with Crippen LogP contribution in [0.15, 0.2) is 30.5 Å². The topological polar surface area (TPSA) is 94.9 Å². The van der Waals surface area contributed by atoms with Gasteiger partial charge in [-0.3, -0.25) is 0 Å². The lowest BCUT2D eigenvalue weighted by molar-refractivity contribution is -0.274. The van der Waals surface area contributed by atoms with Crippen molar-refractivity contribution in [3.8, 4) is 11.8 Å². The summed E-state index contributed by atoms with van der Waals surface area (Å²) >= 11 is 2.07. The molecule has 2 heterocycles. The Labute approximate surface area is 237 Å². The van der Waals surface area contributed by atoms with Gasteiger partial charge in [0.25, 0.3) is 0 Å². The predicted molar refractivity (Wildman–Crippen MR) is 149 cm³/mol. The van der Waals surface area contributed by atoms with Gasteiger partial charge >= 0.3 is 6.36 Å². The van der Waals surface area contributed by atoms with Gasteiger partial charge in [-0.25, -0.2) is 4.98 Å². The minimum absolute atomic E-state index is 0.0423. The standard InChI is InChI=1S/C29H35F3N6OS/c30-29(31,32)39-24-4-2-1-3-19(24)15-34-27-35-16-22(14-33)26(38-27)36-17-28-11-18-9-20(12-28)25(21(10-18)13-28)37-23-5-7-40-8-6-23/h1-4,16,18,20-21,23,25,37H,5-13,15,17H2,(H2,34,35,36,38)/t18?,20-,21+,25-,28+. The van der Waals surface area contributed by atoms with Crippen molar-refractivity contribution in [1.29, 1.82) is 5.26 Å². The molecular weight excluding hydrogens is 537 g/mol. The van der Waals surface area contributed by atoms with E-state index in [0.717, 1.165) is 12.5 Å². The van der Waals surface area contributed by atoms with Crippen LogP contribution >= 0.6 is 11.8 Å². The van der Waals surface area contributed by atoms with Gasteiger partial charge in [-0.05, 0) is 85.7 Å². The van der Waals surface area contributed by atoms with Crippen molar-refractivity contribution in [1.82, 2.24) is 15.3 Å². The Morgan fingerprint density at radius 3 is 2.55 bits per heavy atom. The smallest absolute Gasteiger partial charge is 0.405 e. The SMILES string of the molecule is N#Cc1cnc(NCc2ccccc2OC(F)(F)F)nc1NC[C@@]12CC3C[C@H](C1)[C@@H](NC1CCSCC1)[C@@H](C3)C2. The van der Waals surface area contributed by atoms with Crippen molar-refractivity contribution >= 4 is 23.5 Å². The van der Waals surface area contributed by atoms with E-state index in [2.05, 4.69) is 48.5 Å². The maximum absolute atomic E-state index is 12.8. The zero-order chi connectivity index (χ0) is 27.7. The third-order valence-electron chi connectivity index (χ3n) is 9.22. The molecule has 5 atom stereocenters. The third-order valence-corrected chi connectivity index (χ3v) is 10.3. The molecule has 7 nitrogen and oxygen atoms in total. The molecular formula is C29H35F3N6OS. The fraction of sp³-hybridized carbons (Fsp3) is 0.621. The summed E-state index contributed by atoms with van der Waals surface area (Å²) in [5.41, 5.74) is 0.882. The molecule has 4 aliphatic carbocycles. The lowest BCUT2D eigenvalue weighted by Gasteiger charge is -2.61. The maximum atomic E-state index is 12.8. The monoisotopic (exact) mass is 572 g/mol. The molecule has 0 amide bonds. The highest BCUT2D eigenvalue weighted by molar-refractivity contribution is 7.99. The van der Waals surface area contributed by atoms with Gasteiger partial charge in [0, 0.05) is 30.7 Å². The van der Waals surface area contributed by atoms with Crippen molar-refractivity contribution in [3.63, 3.8) is 0 Å². The summed E-state index contributed by atoms with van der Waals surface area (Å²) in [7, 11) is 0. The first kappa shape index (κ1) is 27.5. The molecule has 1 saturated heterocycles. The average molecular weight is 573 g/mol. The van der Waals surface area contributed by atoms with Gasteiger partial charge in [-0.1, -0.05) is 18.2 Å². The molecule has 2 aromatic rings. The average Bonchev–Trinajstić information content (AvgIpc) is 2.93. The summed E-state index contributed by atoms with van der Waals surface area (Å²) in [6.45, 7) is 0.803. The number of anilines is 2. The van der Waals surface area contributed by atoms with Gasteiger partial charge in [0.2, 0.25) is 5.95 Å². The number of nitriles is 1. The second-order valence-corrected chi connectivity index (χ2v) is 13.2. The number of thioether (sulfide) groups is 1. The zero-order valence-corrected chi connectivity index (χ0v) is 23.2. The second kappa shape index (κ2) is 11.3. The van der Waals surface area contributed by atoms with Crippen LogP contribution in [0.1, 0.15) is 56.1 Å². The van der Waals surface area contributed by atoms with E-state index in [1.54, 1.807) is 12.1 Å². The minimum atomic E-state index is -4.78. The van der Waals surface area contributed by atoms with Crippen LogP contribution in [0.3, 0.4) is 0 Å². The molecule has 1 aliphatic heterocycles. The normalized spacial score (nSPS) is 29.6. The molecule has 40 heavy (non-hydrogen) atoms. The molecule has 5 fully saturated rings. The number of alkyl halides is 3. The number of halogens is 3. The first-order valence-corrected chi connectivity index (χ1v) is 15.4. The van der Waals surface area contributed by atoms with Crippen molar-refractivity contribution in [2.45, 2.75) is 69.9 Å². The number of nitrogens with one attached hydrogen (secondary N) is 3. The van der Waals surface area contributed by atoms with E-state index < -0.39 is 6.36 Å². The van der Waals surface area contributed by atoms with Crippen molar-refractivity contribution in [2.24, 2.45) is 23.2 Å². The molecule has 4 saturated carbocycles. The lowest BCUT2D eigenvalue weighted by atomic mass is 9.48. The molecule has 5 aliphatic rings. The number of rotatable bonds is 9. The summed E-state index contributed by atoms with van der Waals surface area (Å²) in [4.78, 5) is 8.75. The number of benzene rings is 1. The van der Waals surface area contributed by atoms with E-state index in [1.165, 1.54) is 74.8 Å². The maximum Gasteiger partial charge on any atom is 0.573 e. The quantitative estimate of drug-likeness (QED) is 0.339. The van der Waals surface area contributed by atoms with Crippen LogP contribution in [0.5, 0.6) is 5.75 Å². The van der Waals surface area contributed by atoms with Crippen LogP contribution in [0.4, 0.5) is 24.9 Å². The second-order valence-electron chi connectivity index (χ2n) is 12.0. The number of hydrogen-bond donors (Lipinski definition) is 3. The molecule has 7 rings (SSSR count). The van der Waals surface area contributed by atoms with Gasteiger partial charge in [-0.15, -0.1) is 13.2 Å².